The van der Waals surface area contributed by atoms with Gasteiger partial charge in [0.15, 0.2) is 0 Å². The fourth-order valence-electron chi connectivity index (χ4n) is 3.73. The summed E-state index contributed by atoms with van der Waals surface area (Å²) in [5.74, 6) is 0.642. The van der Waals surface area contributed by atoms with E-state index in [2.05, 4.69) is 0 Å². The largest absolute Gasteiger partial charge is 0.755 e. The Balaban J connectivity index is 1.78. The molecule has 0 aliphatic carbocycles. The van der Waals surface area contributed by atoms with E-state index in [0.29, 0.717) is 24.5 Å². The van der Waals surface area contributed by atoms with Crippen molar-refractivity contribution in [2.24, 2.45) is 0 Å². The highest BCUT2D eigenvalue weighted by Gasteiger charge is 2.18. The maximum absolute atomic E-state index is 12.3. The van der Waals surface area contributed by atoms with Crippen LogP contribution < -0.4 is 9.04 Å². The van der Waals surface area contributed by atoms with Crippen molar-refractivity contribution < 1.29 is 27.8 Å². The number of carboxylic acids is 1. The monoisotopic (exact) mass is 484 g/mol. The molecule has 1 unspecified atom stereocenters. The molecule has 0 aliphatic rings. The zero-order valence-corrected chi connectivity index (χ0v) is 20.3. The molecule has 0 saturated carbocycles. The summed E-state index contributed by atoms with van der Waals surface area (Å²) in [5.41, 5.74) is 3.15. The molecule has 3 rings (SSSR count). The Kier molecular flexibility index (Phi) is 9.30. The first-order chi connectivity index (χ1) is 16.4. The van der Waals surface area contributed by atoms with Crippen molar-refractivity contribution in [3.63, 3.8) is 0 Å². The number of rotatable bonds is 13. The lowest BCUT2D eigenvalue weighted by Gasteiger charge is -2.30. The first-order valence-corrected chi connectivity index (χ1v) is 12.4. The molecule has 0 fully saturated rings. The van der Waals surface area contributed by atoms with Crippen LogP contribution in [0.3, 0.4) is 0 Å². The number of hydrogen-bond donors (Lipinski definition) is 1. The highest BCUT2D eigenvalue weighted by molar-refractivity contribution is 7.80. The zero-order valence-electron chi connectivity index (χ0n) is 19.4. The summed E-state index contributed by atoms with van der Waals surface area (Å²) in [6.07, 6.45) is 3.85. The van der Waals surface area contributed by atoms with E-state index >= 15 is 0 Å². The van der Waals surface area contributed by atoms with Crippen LogP contribution in [0.15, 0.2) is 65.3 Å². The Labute approximate surface area is 202 Å². The summed E-state index contributed by atoms with van der Waals surface area (Å²) >= 11 is -2.50. The van der Waals surface area contributed by atoms with E-state index in [9.17, 15) is 13.6 Å². The van der Waals surface area contributed by atoms with Crippen molar-refractivity contribution >= 4 is 22.9 Å². The van der Waals surface area contributed by atoms with Gasteiger partial charge in [-0.1, -0.05) is 32.0 Å². The highest BCUT2D eigenvalue weighted by atomic mass is 32.2. The molecule has 1 aromatic heterocycles. The molecule has 1 atom stereocenters. The predicted molar refractivity (Wildman–Crippen MR) is 131 cm³/mol. The Morgan fingerprint density at radius 3 is 2.59 bits per heavy atom. The summed E-state index contributed by atoms with van der Waals surface area (Å²) in [6.45, 7) is 4.62. The van der Waals surface area contributed by atoms with Gasteiger partial charge in [-0.2, -0.15) is 0 Å². The summed E-state index contributed by atoms with van der Waals surface area (Å²) < 4.78 is 37.4. The van der Waals surface area contributed by atoms with Gasteiger partial charge in [0.1, 0.15) is 11.5 Å². The number of unbranched alkanes of at least 4 members (excludes halogenated alkanes) is 2. The van der Waals surface area contributed by atoms with Gasteiger partial charge in [-0.3, -0.25) is 13.3 Å². The molecule has 0 saturated heterocycles. The molecule has 0 amide bonds. The minimum atomic E-state index is -2.50. The second kappa shape index (κ2) is 12.4. The molecular weight excluding hydrogens is 454 g/mol. The van der Waals surface area contributed by atoms with Crippen molar-refractivity contribution in [1.82, 2.24) is 0 Å². The van der Waals surface area contributed by atoms with Gasteiger partial charge in [-0.05, 0) is 67.1 Å². The van der Waals surface area contributed by atoms with Crippen molar-refractivity contribution in [2.45, 2.75) is 52.0 Å². The Hall–Kier alpha value is -3.10. The topological polar surface area (TPSA) is 103 Å². The SMILES string of the molecule is CC(C)c1cc(-c2ccco2)ccc1N(Cc1ccccc1OCCCCCC(=O)O)S(=O)[O-]. The van der Waals surface area contributed by atoms with E-state index < -0.39 is 17.2 Å². The maximum Gasteiger partial charge on any atom is 0.303 e. The average molecular weight is 485 g/mol. The van der Waals surface area contributed by atoms with Gasteiger partial charge in [0.2, 0.25) is 0 Å². The molecule has 0 spiro atoms. The fourth-order valence-corrected chi connectivity index (χ4v) is 4.30. The summed E-state index contributed by atoms with van der Waals surface area (Å²) in [5, 5.41) is 8.73. The fraction of sp³-hybridized carbons (Fsp3) is 0.346. The van der Waals surface area contributed by atoms with E-state index in [1.165, 1.54) is 4.31 Å². The Bertz CT molecular complexity index is 1100. The number of aliphatic carboxylic acids is 1. The Morgan fingerprint density at radius 1 is 1.12 bits per heavy atom. The van der Waals surface area contributed by atoms with Gasteiger partial charge in [0.05, 0.1) is 25.1 Å². The van der Waals surface area contributed by atoms with Crippen molar-refractivity contribution in [3.05, 3.63) is 72.0 Å². The summed E-state index contributed by atoms with van der Waals surface area (Å²) in [4.78, 5) is 10.6. The number of hydrogen-bond acceptors (Lipinski definition) is 5. The standard InChI is InChI=1S/C26H31NO6S/c1-19(2)22-17-20(24-11-8-16-33-24)13-14-23(22)27(34(30)31)18-21-9-5-6-10-25(21)32-15-7-3-4-12-26(28)29/h5-6,8-11,13-14,16-17,19H,3-4,7,12,15,18H2,1-2H3,(H,28,29)(H,30,31)/p-1. The molecule has 2 aromatic carbocycles. The number of para-hydroxylation sites is 1. The number of furan rings is 1. The van der Waals surface area contributed by atoms with Crippen LogP contribution in [0, 0.1) is 0 Å². The summed E-state index contributed by atoms with van der Waals surface area (Å²) in [6, 6.07) is 16.7. The number of ether oxygens (including phenoxy) is 1. The molecule has 0 radical (unpaired) electrons. The van der Waals surface area contributed by atoms with E-state index in [1.54, 1.807) is 6.26 Å². The van der Waals surface area contributed by atoms with Crippen molar-refractivity contribution in [2.75, 3.05) is 10.9 Å². The van der Waals surface area contributed by atoms with Crippen LogP contribution in [-0.4, -0.2) is 26.4 Å². The smallest absolute Gasteiger partial charge is 0.303 e. The minimum Gasteiger partial charge on any atom is -0.755 e. The van der Waals surface area contributed by atoms with Crippen LogP contribution in [0.4, 0.5) is 5.69 Å². The van der Waals surface area contributed by atoms with Gasteiger partial charge < -0.3 is 18.8 Å². The van der Waals surface area contributed by atoms with Crippen LogP contribution in [0.2, 0.25) is 0 Å². The first-order valence-electron chi connectivity index (χ1n) is 11.3. The predicted octanol–water partition coefficient (Wildman–Crippen LogP) is 5.89. The lowest BCUT2D eigenvalue weighted by molar-refractivity contribution is -0.137. The average Bonchev–Trinajstić information content (AvgIpc) is 3.35. The third-order valence-electron chi connectivity index (χ3n) is 5.48. The number of nitrogens with zero attached hydrogens (tertiary/aromatic N) is 1. The molecule has 34 heavy (non-hydrogen) atoms. The van der Waals surface area contributed by atoms with E-state index in [1.807, 2.05) is 68.4 Å². The second-order valence-corrected chi connectivity index (χ2v) is 9.19. The van der Waals surface area contributed by atoms with Gasteiger partial charge in [-0.15, -0.1) is 0 Å². The van der Waals surface area contributed by atoms with E-state index in [4.69, 9.17) is 14.3 Å². The number of benzene rings is 2. The molecule has 0 aliphatic heterocycles. The van der Waals surface area contributed by atoms with Crippen LogP contribution in [0.1, 0.15) is 56.6 Å². The van der Waals surface area contributed by atoms with Crippen molar-refractivity contribution in [1.29, 1.82) is 0 Å². The van der Waals surface area contributed by atoms with Gasteiger partial charge in [0, 0.05) is 28.8 Å². The zero-order chi connectivity index (χ0) is 24.5. The lowest BCUT2D eigenvalue weighted by atomic mass is 9.97. The minimum absolute atomic E-state index is 0.0910. The lowest BCUT2D eigenvalue weighted by Crippen LogP contribution is -2.26. The quantitative estimate of drug-likeness (QED) is 0.239. The Morgan fingerprint density at radius 2 is 1.91 bits per heavy atom. The molecular formula is C26H30NO6S-. The number of carboxylic acid groups (broad SMARTS) is 1. The third-order valence-corrected chi connectivity index (χ3v) is 6.17. The summed E-state index contributed by atoms with van der Waals surface area (Å²) in [7, 11) is 0. The number of carbonyl (C=O) groups is 1. The third kappa shape index (κ3) is 6.95. The van der Waals surface area contributed by atoms with Crippen LogP contribution in [0.25, 0.3) is 11.3 Å². The molecule has 8 heteroatoms. The second-order valence-electron chi connectivity index (χ2n) is 8.32. The van der Waals surface area contributed by atoms with Gasteiger partial charge in [0.25, 0.3) is 0 Å². The van der Waals surface area contributed by atoms with Gasteiger partial charge in [-0.25, -0.2) is 0 Å². The van der Waals surface area contributed by atoms with E-state index in [0.717, 1.165) is 35.3 Å². The van der Waals surface area contributed by atoms with Crippen LogP contribution in [-0.2, 0) is 22.6 Å². The van der Waals surface area contributed by atoms with Crippen molar-refractivity contribution in [3.8, 4) is 17.1 Å². The normalized spacial score (nSPS) is 12.0. The maximum atomic E-state index is 12.3. The molecule has 1 heterocycles. The van der Waals surface area contributed by atoms with Gasteiger partial charge >= 0.3 is 5.97 Å². The van der Waals surface area contributed by atoms with Crippen LogP contribution in [0.5, 0.6) is 5.75 Å². The molecule has 182 valence electrons. The molecule has 1 N–H and O–H groups in total. The molecule has 0 bridgehead atoms. The first kappa shape index (κ1) is 25.5. The molecule has 7 nitrogen and oxygen atoms in total. The molecule has 3 aromatic rings. The highest BCUT2D eigenvalue weighted by Crippen LogP contribution is 2.35. The van der Waals surface area contributed by atoms with E-state index in [-0.39, 0.29) is 18.9 Å². The number of anilines is 1. The van der Waals surface area contributed by atoms with Crippen LogP contribution >= 0.6 is 0 Å².